The molecule has 0 saturated carbocycles. The van der Waals surface area contributed by atoms with Crippen LogP contribution in [0, 0.1) is 19.7 Å². The SMILES string of the molecule is CSC(C)(C)CNS(=O)(=O)c1c(C)cc(F)c(N)c1C. The maximum atomic E-state index is 13.5. The maximum absolute atomic E-state index is 13.5. The second kappa shape index (κ2) is 5.91. The van der Waals surface area contributed by atoms with Crippen molar-refractivity contribution in [3.8, 4) is 0 Å². The lowest BCUT2D eigenvalue weighted by atomic mass is 10.1. The Morgan fingerprint density at radius 3 is 2.45 bits per heavy atom. The third kappa shape index (κ3) is 3.65. The largest absolute Gasteiger partial charge is 0.396 e. The van der Waals surface area contributed by atoms with Crippen LogP contribution >= 0.6 is 11.8 Å². The molecule has 0 heterocycles. The highest BCUT2D eigenvalue weighted by atomic mass is 32.2. The van der Waals surface area contributed by atoms with Gasteiger partial charge < -0.3 is 5.73 Å². The molecule has 1 rings (SSSR count). The van der Waals surface area contributed by atoms with Crippen LogP contribution in [-0.4, -0.2) is 26.0 Å². The summed E-state index contributed by atoms with van der Waals surface area (Å²) in [6.07, 6.45) is 1.92. The molecule has 20 heavy (non-hydrogen) atoms. The summed E-state index contributed by atoms with van der Waals surface area (Å²) in [5.41, 5.74) is 6.06. The quantitative estimate of drug-likeness (QED) is 0.817. The number of anilines is 1. The molecule has 7 heteroatoms. The number of benzene rings is 1. The standard InChI is InChI=1S/C13H21FN2O2S2/c1-8-6-10(14)11(15)9(2)12(8)20(17,18)16-7-13(3,4)19-5/h6,16H,7,15H2,1-5H3. The highest BCUT2D eigenvalue weighted by molar-refractivity contribution is 8.00. The Labute approximate surface area is 124 Å². The second-order valence-corrected chi connectivity index (χ2v) is 8.55. The molecule has 0 spiro atoms. The zero-order chi connectivity index (χ0) is 15.7. The van der Waals surface area contributed by atoms with Crippen LogP contribution in [0.3, 0.4) is 0 Å². The van der Waals surface area contributed by atoms with E-state index < -0.39 is 15.8 Å². The number of thioether (sulfide) groups is 1. The smallest absolute Gasteiger partial charge is 0.241 e. The van der Waals surface area contributed by atoms with Crippen LogP contribution in [0.15, 0.2) is 11.0 Å². The molecule has 0 radical (unpaired) electrons. The lowest BCUT2D eigenvalue weighted by Crippen LogP contribution is -2.36. The minimum absolute atomic E-state index is 0.0632. The van der Waals surface area contributed by atoms with E-state index in [9.17, 15) is 12.8 Å². The van der Waals surface area contributed by atoms with E-state index >= 15 is 0 Å². The number of halogens is 1. The predicted molar refractivity (Wildman–Crippen MR) is 83.1 cm³/mol. The van der Waals surface area contributed by atoms with Gasteiger partial charge >= 0.3 is 0 Å². The van der Waals surface area contributed by atoms with Crippen LogP contribution in [0.25, 0.3) is 0 Å². The molecule has 1 aromatic rings. The van der Waals surface area contributed by atoms with Crippen molar-refractivity contribution >= 4 is 27.5 Å². The van der Waals surface area contributed by atoms with Gasteiger partial charge in [0.25, 0.3) is 0 Å². The van der Waals surface area contributed by atoms with Gasteiger partial charge in [0, 0.05) is 11.3 Å². The molecule has 1 aromatic carbocycles. The number of hydrogen-bond donors (Lipinski definition) is 2. The first-order valence-electron chi connectivity index (χ1n) is 6.12. The van der Waals surface area contributed by atoms with Crippen molar-refractivity contribution in [3.63, 3.8) is 0 Å². The van der Waals surface area contributed by atoms with E-state index in [1.807, 2.05) is 20.1 Å². The summed E-state index contributed by atoms with van der Waals surface area (Å²) in [6, 6.07) is 1.15. The Hall–Kier alpha value is -0.790. The van der Waals surface area contributed by atoms with Gasteiger partial charge in [0.1, 0.15) is 5.82 Å². The number of nitrogen functional groups attached to an aromatic ring is 1. The minimum atomic E-state index is -3.71. The van der Waals surface area contributed by atoms with E-state index in [0.29, 0.717) is 5.56 Å². The van der Waals surface area contributed by atoms with Crippen molar-refractivity contribution in [3.05, 3.63) is 23.0 Å². The molecular weight excluding hydrogens is 299 g/mol. The van der Waals surface area contributed by atoms with Crippen molar-refractivity contribution in [2.45, 2.75) is 37.3 Å². The molecule has 0 amide bonds. The number of sulfonamides is 1. The normalized spacial score (nSPS) is 12.7. The summed E-state index contributed by atoms with van der Waals surface area (Å²) >= 11 is 1.57. The molecular formula is C13H21FN2O2S2. The monoisotopic (exact) mass is 320 g/mol. The Bertz CT molecular complexity index is 613. The van der Waals surface area contributed by atoms with E-state index in [0.717, 1.165) is 6.07 Å². The van der Waals surface area contributed by atoms with Gasteiger partial charge in [-0.25, -0.2) is 17.5 Å². The Balaban J connectivity index is 3.21. The van der Waals surface area contributed by atoms with Crippen LogP contribution in [0.4, 0.5) is 10.1 Å². The summed E-state index contributed by atoms with van der Waals surface area (Å²) in [6.45, 7) is 7.24. The Morgan fingerprint density at radius 2 is 1.95 bits per heavy atom. The van der Waals surface area contributed by atoms with Crippen LogP contribution in [-0.2, 0) is 10.0 Å². The first-order chi connectivity index (χ1) is 9.02. The van der Waals surface area contributed by atoms with Crippen molar-refractivity contribution < 1.29 is 12.8 Å². The van der Waals surface area contributed by atoms with Crippen LogP contribution in [0.5, 0.6) is 0 Å². The van der Waals surface area contributed by atoms with Crippen LogP contribution in [0.1, 0.15) is 25.0 Å². The molecule has 0 aliphatic heterocycles. The summed E-state index contributed by atoms with van der Waals surface area (Å²) in [5.74, 6) is -0.594. The molecule has 0 unspecified atom stereocenters. The number of nitrogens with one attached hydrogen (secondary N) is 1. The average Bonchev–Trinajstić information content (AvgIpc) is 2.34. The lowest BCUT2D eigenvalue weighted by Gasteiger charge is -2.23. The number of nitrogens with two attached hydrogens (primary N) is 1. The molecule has 0 saturated heterocycles. The van der Waals surface area contributed by atoms with Gasteiger partial charge in [-0.3, -0.25) is 0 Å². The fourth-order valence-corrected chi connectivity index (χ4v) is 3.76. The van der Waals surface area contributed by atoms with E-state index in [1.54, 1.807) is 18.7 Å². The first-order valence-corrected chi connectivity index (χ1v) is 8.82. The van der Waals surface area contributed by atoms with Gasteiger partial charge in [0.15, 0.2) is 0 Å². The fraction of sp³-hybridized carbons (Fsp3) is 0.538. The molecule has 0 bridgehead atoms. The molecule has 4 nitrogen and oxygen atoms in total. The van der Waals surface area contributed by atoms with Crippen LogP contribution in [0.2, 0.25) is 0 Å². The van der Waals surface area contributed by atoms with Crippen molar-refractivity contribution in [1.29, 1.82) is 0 Å². The van der Waals surface area contributed by atoms with Crippen LogP contribution < -0.4 is 10.5 Å². The van der Waals surface area contributed by atoms with E-state index in [4.69, 9.17) is 5.73 Å². The van der Waals surface area contributed by atoms with E-state index in [1.165, 1.54) is 6.92 Å². The van der Waals surface area contributed by atoms with Crippen molar-refractivity contribution in [2.24, 2.45) is 0 Å². The first kappa shape index (κ1) is 17.3. The number of aryl methyl sites for hydroxylation is 1. The summed E-state index contributed by atoms with van der Waals surface area (Å²) in [4.78, 5) is 0.0632. The highest BCUT2D eigenvalue weighted by Crippen LogP contribution is 2.28. The van der Waals surface area contributed by atoms with Gasteiger partial charge in [-0.05, 0) is 51.1 Å². The zero-order valence-electron chi connectivity index (χ0n) is 12.4. The second-order valence-electron chi connectivity index (χ2n) is 5.33. The molecule has 0 aromatic heterocycles. The van der Waals surface area contributed by atoms with Gasteiger partial charge in [-0.15, -0.1) is 0 Å². The number of rotatable bonds is 5. The topological polar surface area (TPSA) is 72.2 Å². The summed E-state index contributed by atoms with van der Waals surface area (Å²) < 4.78 is 40.6. The van der Waals surface area contributed by atoms with Gasteiger partial charge in [-0.2, -0.15) is 11.8 Å². The molecule has 114 valence electrons. The zero-order valence-corrected chi connectivity index (χ0v) is 14.0. The number of hydrogen-bond acceptors (Lipinski definition) is 4. The third-order valence-electron chi connectivity index (χ3n) is 3.21. The van der Waals surface area contributed by atoms with Gasteiger partial charge in [-0.1, -0.05) is 0 Å². The molecule has 0 atom stereocenters. The summed E-state index contributed by atoms with van der Waals surface area (Å²) in [7, 11) is -3.71. The van der Waals surface area contributed by atoms with E-state index in [2.05, 4.69) is 4.72 Å². The lowest BCUT2D eigenvalue weighted by molar-refractivity contribution is 0.568. The molecule has 0 fully saturated rings. The minimum Gasteiger partial charge on any atom is -0.396 e. The predicted octanol–water partition coefficient (Wildman–Crippen LogP) is 2.44. The molecule has 0 aliphatic rings. The van der Waals surface area contributed by atoms with E-state index in [-0.39, 0.29) is 27.4 Å². The maximum Gasteiger partial charge on any atom is 0.241 e. The van der Waals surface area contributed by atoms with Crippen molar-refractivity contribution in [1.82, 2.24) is 4.72 Å². The third-order valence-corrected chi connectivity index (χ3v) is 6.15. The Kier molecular flexibility index (Phi) is 5.10. The van der Waals surface area contributed by atoms with Crippen molar-refractivity contribution in [2.75, 3.05) is 18.5 Å². The molecule has 3 N–H and O–H groups in total. The van der Waals surface area contributed by atoms with Gasteiger partial charge in [0.05, 0.1) is 10.6 Å². The summed E-state index contributed by atoms with van der Waals surface area (Å²) in [5, 5.41) is 0. The average molecular weight is 320 g/mol. The van der Waals surface area contributed by atoms with Gasteiger partial charge in [0.2, 0.25) is 10.0 Å². The fourth-order valence-electron chi connectivity index (χ4n) is 1.76. The highest BCUT2D eigenvalue weighted by Gasteiger charge is 2.25. The Morgan fingerprint density at radius 1 is 1.40 bits per heavy atom. The molecule has 0 aliphatic carbocycles.